The van der Waals surface area contributed by atoms with Crippen molar-refractivity contribution in [2.45, 2.75) is 32.2 Å². The van der Waals surface area contributed by atoms with E-state index in [9.17, 15) is 9.59 Å². The SMILES string of the molecule is COc1ccc(-n2nnc3c(=O)n(CC(=O)N4CCCCCC4)cnc32)cc1OC. The molecule has 0 bridgehead atoms. The van der Waals surface area contributed by atoms with Crippen molar-refractivity contribution in [2.75, 3.05) is 27.3 Å². The Labute approximate surface area is 173 Å². The van der Waals surface area contributed by atoms with E-state index in [0.717, 1.165) is 38.8 Å². The molecule has 1 saturated heterocycles. The summed E-state index contributed by atoms with van der Waals surface area (Å²) in [6.45, 7) is 1.42. The topological polar surface area (TPSA) is 104 Å². The molecule has 0 aliphatic carbocycles. The predicted molar refractivity (Wildman–Crippen MR) is 109 cm³/mol. The Kier molecular flexibility index (Phi) is 5.64. The predicted octanol–water partition coefficient (Wildman–Crippen LogP) is 1.40. The number of benzene rings is 1. The molecule has 1 aliphatic rings. The van der Waals surface area contributed by atoms with E-state index in [1.165, 1.54) is 15.6 Å². The third-order valence-corrected chi connectivity index (χ3v) is 5.31. The molecular weight excluding hydrogens is 388 g/mol. The van der Waals surface area contributed by atoms with Crippen LogP contribution in [0.2, 0.25) is 0 Å². The van der Waals surface area contributed by atoms with Gasteiger partial charge in [-0.3, -0.25) is 14.2 Å². The van der Waals surface area contributed by atoms with Gasteiger partial charge in [0.15, 0.2) is 22.7 Å². The maximum Gasteiger partial charge on any atom is 0.284 e. The summed E-state index contributed by atoms with van der Waals surface area (Å²) in [5.74, 6) is 1.02. The normalized spacial score (nSPS) is 14.5. The van der Waals surface area contributed by atoms with Crippen LogP contribution in [0.3, 0.4) is 0 Å². The number of ether oxygens (including phenoxy) is 2. The molecule has 158 valence electrons. The Morgan fingerprint density at radius 2 is 1.80 bits per heavy atom. The molecule has 3 heterocycles. The van der Waals surface area contributed by atoms with Crippen molar-refractivity contribution < 1.29 is 14.3 Å². The third-order valence-electron chi connectivity index (χ3n) is 5.31. The van der Waals surface area contributed by atoms with Gasteiger partial charge in [-0.15, -0.1) is 5.10 Å². The number of hydrogen-bond acceptors (Lipinski definition) is 7. The molecular formula is C20H24N6O4. The van der Waals surface area contributed by atoms with Gasteiger partial charge in [0.05, 0.1) is 19.9 Å². The zero-order valence-corrected chi connectivity index (χ0v) is 17.1. The minimum Gasteiger partial charge on any atom is -0.493 e. The minimum atomic E-state index is -0.394. The second-order valence-corrected chi connectivity index (χ2v) is 7.19. The van der Waals surface area contributed by atoms with E-state index >= 15 is 0 Å². The number of rotatable bonds is 5. The van der Waals surface area contributed by atoms with E-state index in [-0.39, 0.29) is 18.0 Å². The number of aromatic nitrogens is 5. The molecule has 0 spiro atoms. The van der Waals surface area contributed by atoms with Crippen molar-refractivity contribution >= 4 is 17.1 Å². The molecule has 30 heavy (non-hydrogen) atoms. The first-order chi connectivity index (χ1) is 14.6. The number of carbonyl (C=O) groups is 1. The van der Waals surface area contributed by atoms with Gasteiger partial charge in [0, 0.05) is 19.2 Å². The van der Waals surface area contributed by atoms with Crippen LogP contribution < -0.4 is 15.0 Å². The molecule has 0 atom stereocenters. The fourth-order valence-electron chi connectivity index (χ4n) is 3.65. The van der Waals surface area contributed by atoms with Crippen LogP contribution in [0.4, 0.5) is 0 Å². The van der Waals surface area contributed by atoms with Crippen LogP contribution in [0.25, 0.3) is 16.9 Å². The van der Waals surface area contributed by atoms with Gasteiger partial charge >= 0.3 is 0 Å². The lowest BCUT2D eigenvalue weighted by molar-refractivity contribution is -0.131. The number of nitrogens with zero attached hydrogens (tertiary/aromatic N) is 6. The van der Waals surface area contributed by atoms with Crippen molar-refractivity contribution in [3.63, 3.8) is 0 Å². The number of fused-ring (bicyclic) bond motifs is 1. The van der Waals surface area contributed by atoms with E-state index in [2.05, 4.69) is 15.3 Å². The van der Waals surface area contributed by atoms with Crippen LogP contribution in [0.1, 0.15) is 25.7 Å². The Morgan fingerprint density at radius 1 is 1.07 bits per heavy atom. The van der Waals surface area contributed by atoms with E-state index in [1.807, 2.05) is 4.90 Å². The number of likely N-dealkylation sites (tertiary alicyclic amines) is 1. The number of hydrogen-bond donors (Lipinski definition) is 0. The minimum absolute atomic E-state index is 0.0506. The summed E-state index contributed by atoms with van der Waals surface area (Å²) in [5.41, 5.74) is 0.650. The fraction of sp³-hybridized carbons (Fsp3) is 0.450. The van der Waals surface area contributed by atoms with Crippen molar-refractivity contribution in [1.29, 1.82) is 0 Å². The lowest BCUT2D eigenvalue weighted by atomic mass is 10.2. The van der Waals surface area contributed by atoms with E-state index in [4.69, 9.17) is 9.47 Å². The van der Waals surface area contributed by atoms with Gasteiger partial charge in [-0.2, -0.15) is 4.68 Å². The molecule has 4 rings (SSSR count). The zero-order valence-electron chi connectivity index (χ0n) is 17.1. The van der Waals surface area contributed by atoms with Crippen molar-refractivity contribution in [1.82, 2.24) is 29.4 Å². The summed E-state index contributed by atoms with van der Waals surface area (Å²) in [4.78, 5) is 31.7. The van der Waals surface area contributed by atoms with Gasteiger partial charge < -0.3 is 14.4 Å². The monoisotopic (exact) mass is 412 g/mol. The van der Waals surface area contributed by atoms with Crippen LogP contribution in [-0.2, 0) is 11.3 Å². The first-order valence-corrected chi connectivity index (χ1v) is 9.93. The summed E-state index contributed by atoms with van der Waals surface area (Å²) >= 11 is 0. The Morgan fingerprint density at radius 3 is 2.50 bits per heavy atom. The molecule has 1 amide bonds. The molecule has 1 fully saturated rings. The summed E-state index contributed by atoms with van der Waals surface area (Å²) < 4.78 is 13.3. The highest BCUT2D eigenvalue weighted by atomic mass is 16.5. The molecule has 0 radical (unpaired) electrons. The summed E-state index contributed by atoms with van der Waals surface area (Å²) in [5, 5.41) is 8.09. The fourth-order valence-corrected chi connectivity index (χ4v) is 3.65. The maximum absolute atomic E-state index is 12.9. The van der Waals surface area contributed by atoms with Crippen LogP contribution in [0, 0.1) is 0 Å². The number of methoxy groups -OCH3 is 2. The highest BCUT2D eigenvalue weighted by Gasteiger charge is 2.19. The van der Waals surface area contributed by atoms with Gasteiger partial charge in [-0.1, -0.05) is 18.1 Å². The Balaban J connectivity index is 1.63. The van der Waals surface area contributed by atoms with Gasteiger partial charge in [-0.25, -0.2) is 4.98 Å². The van der Waals surface area contributed by atoms with E-state index < -0.39 is 5.56 Å². The molecule has 2 aromatic heterocycles. The van der Waals surface area contributed by atoms with Gasteiger partial charge in [0.2, 0.25) is 5.91 Å². The highest BCUT2D eigenvalue weighted by molar-refractivity contribution is 5.77. The lowest BCUT2D eigenvalue weighted by Crippen LogP contribution is -2.37. The van der Waals surface area contributed by atoms with Crippen LogP contribution in [0.5, 0.6) is 11.5 Å². The molecule has 1 aromatic carbocycles. The smallest absolute Gasteiger partial charge is 0.284 e. The summed E-state index contributed by atoms with van der Waals surface area (Å²) in [7, 11) is 3.10. The second-order valence-electron chi connectivity index (χ2n) is 7.19. The average Bonchev–Trinajstić information content (AvgIpc) is 3.01. The molecule has 0 saturated carbocycles. The summed E-state index contributed by atoms with van der Waals surface area (Å²) in [6, 6.07) is 5.23. The second kappa shape index (κ2) is 8.52. The largest absolute Gasteiger partial charge is 0.493 e. The third kappa shape index (κ3) is 3.72. The van der Waals surface area contributed by atoms with Crippen LogP contribution in [-0.4, -0.2) is 62.7 Å². The van der Waals surface area contributed by atoms with Crippen molar-refractivity contribution in [2.24, 2.45) is 0 Å². The zero-order chi connectivity index (χ0) is 21.1. The molecule has 0 N–H and O–H groups in total. The molecule has 3 aromatic rings. The first kappa shape index (κ1) is 19.9. The first-order valence-electron chi connectivity index (χ1n) is 9.93. The quantitative estimate of drug-likeness (QED) is 0.624. The van der Waals surface area contributed by atoms with Gasteiger partial charge in [0.1, 0.15) is 12.9 Å². The maximum atomic E-state index is 12.9. The standard InChI is InChI=1S/C20H24N6O4/c1-29-15-8-7-14(11-16(15)30-2)26-19-18(22-23-26)20(28)25(13-21-19)12-17(27)24-9-5-3-4-6-10-24/h7-8,11,13H,3-6,9-10,12H2,1-2H3. The molecule has 10 heteroatoms. The van der Waals surface area contributed by atoms with E-state index in [1.54, 1.807) is 32.4 Å². The van der Waals surface area contributed by atoms with Crippen molar-refractivity contribution in [3.05, 3.63) is 34.9 Å². The summed E-state index contributed by atoms with van der Waals surface area (Å²) in [6.07, 6.45) is 5.64. The average molecular weight is 412 g/mol. The van der Waals surface area contributed by atoms with Gasteiger partial charge in [0.25, 0.3) is 5.56 Å². The van der Waals surface area contributed by atoms with Crippen LogP contribution in [0.15, 0.2) is 29.3 Å². The number of amides is 1. The lowest BCUT2D eigenvalue weighted by Gasteiger charge is -2.20. The molecule has 1 aliphatic heterocycles. The highest BCUT2D eigenvalue weighted by Crippen LogP contribution is 2.29. The number of carbonyl (C=O) groups excluding carboxylic acids is 1. The van der Waals surface area contributed by atoms with E-state index in [0.29, 0.717) is 22.8 Å². The van der Waals surface area contributed by atoms with Gasteiger partial charge in [-0.05, 0) is 25.0 Å². The van der Waals surface area contributed by atoms with Crippen LogP contribution >= 0.6 is 0 Å². The Bertz CT molecular complexity index is 1110. The van der Waals surface area contributed by atoms with Crippen molar-refractivity contribution in [3.8, 4) is 17.2 Å². The Hall–Kier alpha value is -3.43. The molecule has 0 unspecified atom stereocenters. The molecule has 10 nitrogen and oxygen atoms in total.